The van der Waals surface area contributed by atoms with Crippen LogP contribution in [0.5, 0.6) is 0 Å². The van der Waals surface area contributed by atoms with Crippen LogP contribution in [0.2, 0.25) is 0 Å². The van der Waals surface area contributed by atoms with Crippen molar-refractivity contribution < 1.29 is 9.69 Å². The Kier molecular flexibility index (Phi) is 4.81. The van der Waals surface area contributed by atoms with Crippen molar-refractivity contribution in [2.75, 3.05) is 33.2 Å². The molecule has 5 heteroatoms. The average Bonchev–Trinajstić information content (AvgIpc) is 2.59. The summed E-state index contributed by atoms with van der Waals surface area (Å²) in [5.41, 5.74) is 0. The number of amides is 1. The third-order valence-electron chi connectivity index (χ3n) is 3.42. The van der Waals surface area contributed by atoms with E-state index in [2.05, 4.69) is 29.9 Å². The van der Waals surface area contributed by atoms with E-state index in [-0.39, 0.29) is 5.91 Å². The molecule has 1 fully saturated rings. The quantitative estimate of drug-likeness (QED) is 0.871. The molecule has 1 atom stereocenters. The topological polar surface area (TPSA) is 24.8 Å². The number of rotatable bonds is 2. The van der Waals surface area contributed by atoms with Crippen molar-refractivity contribution in [2.45, 2.75) is 19.8 Å². The molecule has 1 amide bonds. The number of hydrogen-bond acceptors (Lipinski definition) is 2. The number of halogens is 1. The molecule has 0 aromatic carbocycles. The molecule has 0 saturated carbocycles. The second kappa shape index (κ2) is 6.17. The van der Waals surface area contributed by atoms with E-state index >= 15 is 0 Å². The Bertz CT molecular complexity index is 433. The number of carbonyl (C=O) groups excluding carboxylic acids is 1. The van der Waals surface area contributed by atoms with Crippen molar-refractivity contribution in [3.8, 4) is 0 Å². The van der Waals surface area contributed by atoms with Crippen molar-refractivity contribution in [1.29, 1.82) is 0 Å². The van der Waals surface area contributed by atoms with Crippen LogP contribution >= 0.6 is 27.3 Å². The molecule has 100 valence electrons. The van der Waals surface area contributed by atoms with Crippen LogP contribution in [0.25, 0.3) is 0 Å². The maximum absolute atomic E-state index is 12.4. The Balaban J connectivity index is 2.09. The maximum atomic E-state index is 12.4. The monoisotopic (exact) mass is 331 g/mol. The minimum absolute atomic E-state index is 0.204. The zero-order valence-corrected chi connectivity index (χ0v) is 13.4. The third kappa shape index (κ3) is 3.13. The fraction of sp³-hybridized carbons (Fsp3) is 0.615. The summed E-state index contributed by atoms with van der Waals surface area (Å²) >= 11 is 5.15. The Morgan fingerprint density at radius 1 is 1.50 bits per heavy atom. The number of carbonyl (C=O) groups is 1. The summed E-state index contributed by atoms with van der Waals surface area (Å²) < 4.78 is 1.08. The number of nitrogens with zero attached hydrogens (tertiary/aromatic N) is 1. The van der Waals surface area contributed by atoms with Crippen LogP contribution in [0.3, 0.4) is 0 Å². The zero-order valence-electron chi connectivity index (χ0n) is 11.0. The third-order valence-corrected chi connectivity index (χ3v) is 5.65. The number of likely N-dealkylation sites (N-methyl/N-ethyl adjacent to an activating group) is 1. The van der Waals surface area contributed by atoms with Gasteiger partial charge in [-0.05, 0) is 28.4 Å². The van der Waals surface area contributed by atoms with Crippen LogP contribution < -0.4 is 4.90 Å². The zero-order chi connectivity index (χ0) is 13.1. The molecule has 0 bridgehead atoms. The van der Waals surface area contributed by atoms with E-state index < -0.39 is 0 Å². The predicted molar refractivity (Wildman–Crippen MR) is 78.5 cm³/mol. The Labute approximate surface area is 121 Å². The first-order valence-corrected chi connectivity index (χ1v) is 8.11. The molecule has 1 aromatic heterocycles. The molecule has 3 nitrogen and oxygen atoms in total. The van der Waals surface area contributed by atoms with Crippen LogP contribution in [0.15, 0.2) is 10.5 Å². The first-order valence-electron chi connectivity index (χ1n) is 6.50. The van der Waals surface area contributed by atoms with E-state index in [1.165, 1.54) is 9.78 Å². The molecule has 0 aliphatic carbocycles. The lowest BCUT2D eigenvalue weighted by atomic mass is 10.3. The van der Waals surface area contributed by atoms with Gasteiger partial charge in [-0.15, -0.1) is 11.3 Å². The van der Waals surface area contributed by atoms with Crippen molar-refractivity contribution >= 4 is 33.2 Å². The summed E-state index contributed by atoms with van der Waals surface area (Å²) in [5, 5.41) is 0. The number of aryl methyl sites for hydroxylation is 1. The molecule has 1 saturated heterocycles. The highest BCUT2D eigenvalue weighted by atomic mass is 79.9. The van der Waals surface area contributed by atoms with Crippen molar-refractivity contribution in [1.82, 2.24) is 4.90 Å². The van der Waals surface area contributed by atoms with Gasteiger partial charge in [0.1, 0.15) is 0 Å². The summed E-state index contributed by atoms with van der Waals surface area (Å²) in [6, 6.07) is 1.98. The first kappa shape index (κ1) is 14.0. The number of nitrogens with one attached hydrogen (secondary N) is 1. The van der Waals surface area contributed by atoms with E-state index in [1.54, 1.807) is 11.3 Å². The molecule has 1 aliphatic rings. The number of hydrogen-bond donors (Lipinski definition) is 1. The second-order valence-electron chi connectivity index (χ2n) is 4.84. The van der Waals surface area contributed by atoms with Crippen LogP contribution in [-0.4, -0.2) is 44.0 Å². The molecule has 1 aromatic rings. The SMILES string of the molecule is CCc1sc(C(=O)N2CCC[NH+](C)CC2)cc1Br. The molecule has 0 radical (unpaired) electrons. The lowest BCUT2D eigenvalue weighted by Crippen LogP contribution is -3.09. The van der Waals surface area contributed by atoms with Gasteiger partial charge in [-0.2, -0.15) is 0 Å². The van der Waals surface area contributed by atoms with Gasteiger partial charge >= 0.3 is 0 Å². The Morgan fingerprint density at radius 3 is 2.94 bits per heavy atom. The fourth-order valence-electron chi connectivity index (χ4n) is 2.25. The highest BCUT2D eigenvalue weighted by Gasteiger charge is 2.22. The summed E-state index contributed by atoms with van der Waals surface area (Å²) in [5.74, 6) is 0.204. The standard InChI is InChI=1S/C13H19BrN2OS/c1-3-11-10(14)9-12(18-11)13(17)16-6-4-5-15(2)7-8-16/h9H,3-8H2,1-2H3/p+1. The van der Waals surface area contributed by atoms with E-state index in [9.17, 15) is 4.79 Å². The van der Waals surface area contributed by atoms with Gasteiger partial charge in [-0.3, -0.25) is 4.79 Å². The van der Waals surface area contributed by atoms with Gasteiger partial charge in [0, 0.05) is 22.3 Å². The average molecular weight is 332 g/mol. The van der Waals surface area contributed by atoms with Crippen molar-refractivity contribution in [3.05, 3.63) is 20.3 Å². The van der Waals surface area contributed by atoms with Crippen LogP contribution in [0, 0.1) is 0 Å². The van der Waals surface area contributed by atoms with Crippen LogP contribution in [-0.2, 0) is 6.42 Å². The maximum Gasteiger partial charge on any atom is 0.264 e. The van der Waals surface area contributed by atoms with E-state index in [0.717, 1.165) is 48.4 Å². The molecule has 2 rings (SSSR count). The number of thiophene rings is 1. The van der Waals surface area contributed by atoms with Crippen molar-refractivity contribution in [3.63, 3.8) is 0 Å². The van der Waals surface area contributed by atoms with Gasteiger partial charge in [-0.1, -0.05) is 6.92 Å². The highest BCUT2D eigenvalue weighted by molar-refractivity contribution is 9.10. The summed E-state index contributed by atoms with van der Waals surface area (Å²) in [6.07, 6.45) is 2.08. The summed E-state index contributed by atoms with van der Waals surface area (Å²) in [7, 11) is 2.20. The summed E-state index contributed by atoms with van der Waals surface area (Å²) in [6.45, 7) is 6.11. The van der Waals surface area contributed by atoms with Crippen LogP contribution in [0.1, 0.15) is 27.9 Å². The van der Waals surface area contributed by atoms with Gasteiger partial charge in [0.2, 0.25) is 0 Å². The van der Waals surface area contributed by atoms with Gasteiger partial charge < -0.3 is 9.80 Å². The normalized spacial score (nSPS) is 20.8. The van der Waals surface area contributed by atoms with Gasteiger partial charge in [0.25, 0.3) is 5.91 Å². The lowest BCUT2D eigenvalue weighted by Gasteiger charge is -2.18. The second-order valence-corrected chi connectivity index (χ2v) is 6.83. The van der Waals surface area contributed by atoms with Crippen LogP contribution in [0.4, 0.5) is 0 Å². The molecule has 1 N–H and O–H groups in total. The lowest BCUT2D eigenvalue weighted by molar-refractivity contribution is -0.877. The summed E-state index contributed by atoms with van der Waals surface area (Å²) in [4.78, 5) is 18.1. The van der Waals surface area contributed by atoms with Gasteiger partial charge in [0.15, 0.2) is 0 Å². The highest BCUT2D eigenvalue weighted by Crippen LogP contribution is 2.28. The van der Waals surface area contributed by atoms with E-state index in [4.69, 9.17) is 0 Å². The fourth-order valence-corrected chi connectivity index (χ4v) is 4.11. The predicted octanol–water partition coefficient (Wildman–Crippen LogP) is 1.43. The smallest absolute Gasteiger partial charge is 0.264 e. The minimum Gasteiger partial charge on any atom is -0.336 e. The van der Waals surface area contributed by atoms with Crippen molar-refractivity contribution in [2.24, 2.45) is 0 Å². The molecule has 18 heavy (non-hydrogen) atoms. The van der Waals surface area contributed by atoms with Gasteiger partial charge in [0.05, 0.1) is 31.6 Å². The Hall–Kier alpha value is -0.390. The molecule has 1 aliphatic heterocycles. The Morgan fingerprint density at radius 2 is 2.28 bits per heavy atom. The van der Waals surface area contributed by atoms with Gasteiger partial charge in [-0.25, -0.2) is 0 Å². The molecule has 0 spiro atoms. The minimum atomic E-state index is 0.204. The first-order chi connectivity index (χ1) is 8.61. The number of quaternary nitrogens is 1. The molecule has 2 heterocycles. The van der Waals surface area contributed by atoms with E-state index in [0.29, 0.717) is 0 Å². The largest absolute Gasteiger partial charge is 0.336 e. The van der Waals surface area contributed by atoms with E-state index in [1.807, 2.05) is 11.0 Å². The molecular weight excluding hydrogens is 312 g/mol. The molecular formula is C13H20BrN2OS+. The molecule has 1 unspecified atom stereocenters.